The van der Waals surface area contributed by atoms with Crippen LogP contribution >= 0.6 is 22.9 Å². The molecular formula is C40H47ClN6O4S. The molecule has 5 heterocycles. The highest BCUT2D eigenvalue weighted by molar-refractivity contribution is 7.22. The van der Waals surface area contributed by atoms with Gasteiger partial charge in [-0.3, -0.25) is 14.4 Å². The van der Waals surface area contributed by atoms with Crippen molar-refractivity contribution in [1.29, 1.82) is 0 Å². The van der Waals surface area contributed by atoms with E-state index in [0.717, 1.165) is 93.4 Å². The quantitative estimate of drug-likeness (QED) is 0.177. The third-order valence-electron chi connectivity index (χ3n) is 10.2. The number of ether oxygens (including phenoxy) is 1. The lowest BCUT2D eigenvalue weighted by molar-refractivity contribution is -0.160. The van der Waals surface area contributed by atoms with Crippen LogP contribution in [0.25, 0.3) is 43.1 Å². The van der Waals surface area contributed by atoms with Gasteiger partial charge in [-0.05, 0) is 116 Å². The van der Waals surface area contributed by atoms with E-state index in [2.05, 4.69) is 36.4 Å². The second-order valence-corrected chi connectivity index (χ2v) is 17.7. The first kappa shape index (κ1) is 36.5. The molecule has 12 heteroatoms. The summed E-state index contributed by atoms with van der Waals surface area (Å²) in [5, 5.41) is 17.1. The standard InChI is InChI=1S/C40H47ClN6O4S/c1-22-19-29-36(32(24-9-11-26(41)12-10-24)31(22)35(38(49)50)51-40(6,7)8)52-37(43-29)28-13-14-30-34(42-28)33(44-47(30)39(3,4)5)25-15-17-45(18-16-25)27-20-46(21-27)23(2)48/h9-14,19,25,27,35H,15-18,20-21H2,1-8H3,(H,49,50)/t35-/m0/s1. The number of fused-ring (bicyclic) bond motifs is 2. The maximum absolute atomic E-state index is 12.8. The van der Waals surface area contributed by atoms with E-state index in [9.17, 15) is 14.7 Å². The molecule has 1 N–H and O–H groups in total. The zero-order valence-electron chi connectivity index (χ0n) is 31.2. The van der Waals surface area contributed by atoms with Crippen LogP contribution in [0.3, 0.4) is 0 Å². The molecule has 0 spiro atoms. The Hall–Kier alpha value is -3.90. The topological polar surface area (TPSA) is 114 Å². The van der Waals surface area contributed by atoms with Crippen LogP contribution in [-0.2, 0) is 19.9 Å². The van der Waals surface area contributed by atoms with Crippen LogP contribution < -0.4 is 0 Å². The van der Waals surface area contributed by atoms with Crippen molar-refractivity contribution in [3.8, 4) is 21.8 Å². The molecule has 2 aliphatic heterocycles. The molecule has 0 aliphatic carbocycles. The molecule has 2 fully saturated rings. The Labute approximate surface area is 313 Å². The fourth-order valence-corrected chi connectivity index (χ4v) is 8.78. The van der Waals surface area contributed by atoms with E-state index in [1.165, 1.54) is 11.3 Å². The van der Waals surface area contributed by atoms with Gasteiger partial charge in [-0.1, -0.05) is 23.7 Å². The Morgan fingerprint density at radius 1 is 1.00 bits per heavy atom. The van der Waals surface area contributed by atoms with Crippen LogP contribution in [0.4, 0.5) is 0 Å². The highest BCUT2D eigenvalue weighted by atomic mass is 35.5. The fraction of sp³-hybridized carbons (Fsp3) is 0.475. The van der Waals surface area contributed by atoms with Gasteiger partial charge in [-0.15, -0.1) is 11.3 Å². The summed E-state index contributed by atoms with van der Waals surface area (Å²) in [7, 11) is 0. The van der Waals surface area contributed by atoms with Crippen LogP contribution in [0.2, 0.25) is 5.02 Å². The van der Waals surface area contributed by atoms with Crippen LogP contribution in [0.5, 0.6) is 0 Å². The summed E-state index contributed by atoms with van der Waals surface area (Å²) in [4.78, 5) is 39.4. The van der Waals surface area contributed by atoms with Crippen LogP contribution in [-0.4, -0.2) is 84.4 Å². The summed E-state index contributed by atoms with van der Waals surface area (Å²) in [6.07, 6.45) is 0.770. The van der Waals surface area contributed by atoms with Gasteiger partial charge in [-0.25, -0.2) is 14.8 Å². The number of amides is 1. The SMILES string of the molecule is CC(=O)N1CC(N2CCC(c3nn(C(C)(C)C)c4ccc(-c5nc6cc(C)c([C@H](OC(C)(C)C)C(=O)O)c(-c7ccc(Cl)cc7)c6s5)nc34)CC2)C1. The Morgan fingerprint density at radius 2 is 1.67 bits per heavy atom. The first-order valence-electron chi connectivity index (χ1n) is 18.0. The van der Waals surface area contributed by atoms with Crippen molar-refractivity contribution in [2.45, 2.75) is 97.4 Å². The number of pyridine rings is 1. The number of carbonyl (C=O) groups excluding carboxylic acids is 1. The van der Waals surface area contributed by atoms with Gasteiger partial charge < -0.3 is 14.7 Å². The number of rotatable bonds is 7. The number of benzene rings is 2. The number of thiazole rings is 1. The molecule has 7 rings (SSSR count). The maximum atomic E-state index is 12.8. The summed E-state index contributed by atoms with van der Waals surface area (Å²) >= 11 is 7.81. The molecule has 0 bridgehead atoms. The van der Waals surface area contributed by atoms with Gasteiger partial charge in [0.1, 0.15) is 10.5 Å². The number of likely N-dealkylation sites (tertiary alicyclic amines) is 2. The van der Waals surface area contributed by atoms with Crippen LogP contribution in [0.1, 0.15) is 90.2 Å². The fourth-order valence-electron chi connectivity index (χ4n) is 7.56. The van der Waals surface area contributed by atoms with Crippen molar-refractivity contribution in [2.75, 3.05) is 26.2 Å². The Bertz CT molecular complexity index is 2170. The molecule has 1 amide bonds. The lowest BCUT2D eigenvalue weighted by Gasteiger charge is -2.47. The third-order valence-corrected chi connectivity index (χ3v) is 11.5. The minimum absolute atomic E-state index is 0.149. The largest absolute Gasteiger partial charge is 0.479 e. The van der Waals surface area contributed by atoms with E-state index < -0.39 is 17.7 Å². The van der Waals surface area contributed by atoms with E-state index in [-0.39, 0.29) is 17.4 Å². The molecule has 2 aromatic carbocycles. The number of carboxylic acid groups (broad SMARTS) is 1. The summed E-state index contributed by atoms with van der Waals surface area (Å²) in [6.45, 7) is 19.2. The molecule has 0 unspecified atom stereocenters. The molecule has 1 atom stereocenters. The number of aryl methyl sites for hydroxylation is 1. The predicted molar refractivity (Wildman–Crippen MR) is 207 cm³/mol. The van der Waals surface area contributed by atoms with E-state index in [4.69, 9.17) is 31.4 Å². The summed E-state index contributed by atoms with van der Waals surface area (Å²) in [6, 6.07) is 14.0. The minimum Gasteiger partial charge on any atom is -0.479 e. The zero-order chi connectivity index (χ0) is 37.3. The monoisotopic (exact) mass is 742 g/mol. The van der Waals surface area contributed by atoms with Crippen molar-refractivity contribution in [3.63, 3.8) is 0 Å². The molecule has 5 aromatic rings. The number of carboxylic acids is 1. The number of hydrogen-bond donors (Lipinski definition) is 1. The molecule has 0 radical (unpaired) electrons. The van der Waals surface area contributed by atoms with Crippen LogP contribution in [0.15, 0.2) is 42.5 Å². The second-order valence-electron chi connectivity index (χ2n) is 16.2. The molecule has 3 aromatic heterocycles. The summed E-state index contributed by atoms with van der Waals surface area (Å²) in [5.41, 5.74) is 6.50. The summed E-state index contributed by atoms with van der Waals surface area (Å²) < 4.78 is 9.17. The van der Waals surface area contributed by atoms with E-state index in [1.807, 2.05) is 69.0 Å². The molecule has 52 heavy (non-hydrogen) atoms. The highest BCUT2D eigenvalue weighted by Crippen LogP contribution is 2.45. The average Bonchev–Trinajstić information content (AvgIpc) is 3.64. The number of aromatic nitrogens is 4. The predicted octanol–water partition coefficient (Wildman–Crippen LogP) is 8.44. The molecule has 2 saturated heterocycles. The van der Waals surface area contributed by atoms with Gasteiger partial charge in [0.25, 0.3) is 0 Å². The number of hydrogen-bond acceptors (Lipinski definition) is 8. The molecular weight excluding hydrogens is 696 g/mol. The number of carbonyl (C=O) groups is 2. The van der Waals surface area contributed by atoms with Crippen molar-refractivity contribution in [1.82, 2.24) is 29.5 Å². The Morgan fingerprint density at radius 3 is 2.27 bits per heavy atom. The highest BCUT2D eigenvalue weighted by Gasteiger charge is 2.37. The van der Waals surface area contributed by atoms with Gasteiger partial charge in [-0.2, -0.15) is 5.10 Å². The molecule has 274 valence electrons. The van der Waals surface area contributed by atoms with E-state index >= 15 is 0 Å². The van der Waals surface area contributed by atoms with Crippen molar-refractivity contribution >= 4 is 56.1 Å². The van der Waals surface area contributed by atoms with E-state index in [1.54, 1.807) is 6.92 Å². The van der Waals surface area contributed by atoms with Crippen LogP contribution in [0, 0.1) is 6.92 Å². The summed E-state index contributed by atoms with van der Waals surface area (Å²) in [5.74, 6) is -0.637. The zero-order valence-corrected chi connectivity index (χ0v) is 32.7. The molecule has 10 nitrogen and oxygen atoms in total. The van der Waals surface area contributed by atoms with E-state index in [0.29, 0.717) is 16.6 Å². The van der Waals surface area contributed by atoms with Crippen molar-refractivity contribution in [3.05, 3.63) is 64.3 Å². The van der Waals surface area contributed by atoms with Crippen molar-refractivity contribution < 1.29 is 19.4 Å². The lowest BCUT2D eigenvalue weighted by atomic mass is 9.91. The maximum Gasteiger partial charge on any atom is 0.337 e. The van der Waals surface area contributed by atoms with Gasteiger partial charge in [0.05, 0.1) is 38.3 Å². The minimum atomic E-state index is -1.19. The van der Waals surface area contributed by atoms with Gasteiger partial charge in [0.2, 0.25) is 5.91 Å². The van der Waals surface area contributed by atoms with Crippen molar-refractivity contribution in [2.24, 2.45) is 0 Å². The Balaban J connectivity index is 1.31. The van der Waals surface area contributed by atoms with Gasteiger partial charge in [0.15, 0.2) is 6.10 Å². The number of halogens is 1. The number of piperidine rings is 1. The second kappa shape index (κ2) is 13.5. The Kier molecular flexibility index (Phi) is 9.47. The smallest absolute Gasteiger partial charge is 0.337 e. The first-order chi connectivity index (χ1) is 24.5. The molecule has 0 saturated carbocycles. The average molecular weight is 743 g/mol. The normalized spacial score (nSPS) is 17.2. The third kappa shape index (κ3) is 6.96. The van der Waals surface area contributed by atoms with Gasteiger partial charge >= 0.3 is 5.97 Å². The first-order valence-corrected chi connectivity index (χ1v) is 19.2. The van der Waals surface area contributed by atoms with Gasteiger partial charge in [0, 0.05) is 48.1 Å². The number of nitrogens with zero attached hydrogens (tertiary/aromatic N) is 6. The lowest BCUT2D eigenvalue weighted by Crippen LogP contribution is -2.61. The number of aliphatic carboxylic acids is 1. The molecule has 2 aliphatic rings.